The van der Waals surface area contributed by atoms with Gasteiger partial charge in [0.25, 0.3) is 5.91 Å². The molecule has 1 unspecified atom stereocenters. The van der Waals surface area contributed by atoms with Crippen LogP contribution >= 0.6 is 0 Å². The maximum atomic E-state index is 11.9. The van der Waals surface area contributed by atoms with Crippen LogP contribution in [0.1, 0.15) is 43.3 Å². The van der Waals surface area contributed by atoms with Crippen molar-refractivity contribution < 1.29 is 14.3 Å². The third kappa shape index (κ3) is 4.23. The molecule has 0 saturated carbocycles. The summed E-state index contributed by atoms with van der Waals surface area (Å²) >= 11 is 0. The normalized spacial score (nSPS) is 13.5. The first-order chi connectivity index (χ1) is 7.83. The third-order valence-corrected chi connectivity index (χ3v) is 2.48. The van der Waals surface area contributed by atoms with Gasteiger partial charge >= 0.3 is 0 Å². The molecule has 0 fully saturated rings. The maximum Gasteiger partial charge on any atom is 0.287 e. The summed E-state index contributed by atoms with van der Waals surface area (Å²) in [6.07, 6.45) is 2.21. The van der Waals surface area contributed by atoms with E-state index in [1.54, 1.807) is 6.07 Å². The van der Waals surface area contributed by atoms with E-state index in [4.69, 9.17) is 4.42 Å². The lowest BCUT2D eigenvalue weighted by Gasteiger charge is -2.25. The summed E-state index contributed by atoms with van der Waals surface area (Å²) < 4.78 is 5.11. The van der Waals surface area contributed by atoms with E-state index in [-0.39, 0.29) is 24.0 Å². The van der Waals surface area contributed by atoms with Crippen LogP contribution in [0.15, 0.2) is 16.7 Å². The fourth-order valence-electron chi connectivity index (χ4n) is 1.76. The van der Waals surface area contributed by atoms with Gasteiger partial charge in [-0.05, 0) is 24.8 Å². The predicted octanol–water partition coefficient (Wildman–Crippen LogP) is 2.11. The van der Waals surface area contributed by atoms with Gasteiger partial charge in [-0.2, -0.15) is 0 Å². The van der Waals surface area contributed by atoms with Crippen LogP contribution in [-0.2, 0) is 0 Å². The van der Waals surface area contributed by atoms with Crippen molar-refractivity contribution in [2.45, 2.75) is 40.2 Å². The molecule has 2 N–H and O–H groups in total. The van der Waals surface area contributed by atoms with Gasteiger partial charge in [-0.25, -0.2) is 0 Å². The molecule has 0 aromatic carbocycles. The van der Waals surface area contributed by atoms with Gasteiger partial charge in [-0.1, -0.05) is 20.8 Å². The minimum Gasteiger partial charge on any atom is -0.459 e. The zero-order valence-electron chi connectivity index (χ0n) is 10.9. The highest BCUT2D eigenvalue weighted by Gasteiger charge is 2.22. The van der Waals surface area contributed by atoms with Crippen molar-refractivity contribution in [1.29, 1.82) is 0 Å². The van der Waals surface area contributed by atoms with Crippen LogP contribution in [0.25, 0.3) is 0 Å². The van der Waals surface area contributed by atoms with Crippen LogP contribution in [0.3, 0.4) is 0 Å². The molecule has 0 saturated heterocycles. The molecule has 1 aromatic rings. The first kappa shape index (κ1) is 13.8. The van der Waals surface area contributed by atoms with E-state index in [0.29, 0.717) is 5.76 Å². The molecular weight excluding hydrogens is 218 g/mol. The maximum absolute atomic E-state index is 11.9. The van der Waals surface area contributed by atoms with Crippen molar-refractivity contribution in [3.8, 4) is 0 Å². The van der Waals surface area contributed by atoms with Crippen LogP contribution in [0.2, 0.25) is 0 Å². The molecule has 0 bridgehead atoms. The van der Waals surface area contributed by atoms with Crippen LogP contribution in [-0.4, -0.2) is 23.7 Å². The first-order valence-corrected chi connectivity index (χ1v) is 5.79. The van der Waals surface area contributed by atoms with Crippen LogP contribution in [0.4, 0.5) is 0 Å². The first-order valence-electron chi connectivity index (χ1n) is 5.79. The summed E-state index contributed by atoms with van der Waals surface area (Å²) in [5.74, 6) is 0.0492. The van der Waals surface area contributed by atoms with E-state index in [9.17, 15) is 9.90 Å². The van der Waals surface area contributed by atoms with Crippen LogP contribution < -0.4 is 5.32 Å². The van der Waals surface area contributed by atoms with E-state index in [1.807, 2.05) is 6.92 Å². The third-order valence-electron chi connectivity index (χ3n) is 2.48. The van der Waals surface area contributed by atoms with Gasteiger partial charge in [0.15, 0.2) is 5.76 Å². The number of aliphatic hydroxyl groups excluding tert-OH is 1. The van der Waals surface area contributed by atoms with Gasteiger partial charge < -0.3 is 14.8 Å². The minimum atomic E-state index is -0.268. The predicted molar refractivity (Wildman–Crippen MR) is 65.9 cm³/mol. The zero-order chi connectivity index (χ0) is 13.1. The quantitative estimate of drug-likeness (QED) is 0.846. The Bertz CT molecular complexity index is 376. The number of carbonyl (C=O) groups is 1. The van der Waals surface area contributed by atoms with Gasteiger partial charge in [-0.15, -0.1) is 0 Å². The number of amides is 1. The molecule has 0 aliphatic heterocycles. The molecule has 1 rings (SSSR count). The fraction of sp³-hybridized carbons (Fsp3) is 0.615. The lowest BCUT2D eigenvalue weighted by atomic mass is 9.88. The number of hydrogen-bond acceptors (Lipinski definition) is 3. The standard InChI is InChI=1S/C13H21NO3/c1-9-5-6-17-11(9)12(16)14-10(8-15)7-13(2,3)4/h5-6,10,15H,7-8H2,1-4H3,(H,14,16). The Kier molecular flexibility index (Phi) is 4.34. The molecule has 1 aromatic heterocycles. The summed E-state index contributed by atoms with van der Waals surface area (Å²) in [4.78, 5) is 11.9. The Morgan fingerprint density at radius 1 is 1.53 bits per heavy atom. The number of hydrogen-bond donors (Lipinski definition) is 2. The molecule has 0 spiro atoms. The molecule has 17 heavy (non-hydrogen) atoms. The van der Waals surface area contributed by atoms with Gasteiger partial charge in [0.1, 0.15) is 0 Å². The Morgan fingerprint density at radius 2 is 2.18 bits per heavy atom. The molecule has 1 amide bonds. The van der Waals surface area contributed by atoms with Crippen LogP contribution in [0.5, 0.6) is 0 Å². The smallest absolute Gasteiger partial charge is 0.287 e. The Morgan fingerprint density at radius 3 is 2.59 bits per heavy atom. The molecule has 1 atom stereocenters. The summed E-state index contributed by atoms with van der Waals surface area (Å²) in [7, 11) is 0. The minimum absolute atomic E-state index is 0.0544. The second-order valence-corrected chi connectivity index (χ2v) is 5.55. The van der Waals surface area contributed by atoms with Crippen LogP contribution in [0, 0.1) is 12.3 Å². The lowest BCUT2D eigenvalue weighted by molar-refractivity contribution is 0.0869. The van der Waals surface area contributed by atoms with Crippen molar-refractivity contribution in [3.63, 3.8) is 0 Å². The topological polar surface area (TPSA) is 62.5 Å². The highest BCUT2D eigenvalue weighted by atomic mass is 16.3. The lowest BCUT2D eigenvalue weighted by Crippen LogP contribution is -2.40. The van der Waals surface area contributed by atoms with E-state index >= 15 is 0 Å². The van der Waals surface area contributed by atoms with Gasteiger partial charge in [0.05, 0.1) is 18.9 Å². The number of furan rings is 1. The van der Waals surface area contributed by atoms with Gasteiger partial charge in [0.2, 0.25) is 0 Å². The zero-order valence-corrected chi connectivity index (χ0v) is 10.9. The van der Waals surface area contributed by atoms with Gasteiger partial charge in [0, 0.05) is 5.56 Å². The number of rotatable bonds is 4. The second kappa shape index (κ2) is 5.36. The molecule has 0 radical (unpaired) electrons. The molecule has 0 aliphatic carbocycles. The number of aliphatic hydroxyl groups is 1. The molecule has 4 heteroatoms. The molecule has 1 heterocycles. The summed E-state index contributed by atoms with van der Waals surface area (Å²) in [6, 6.07) is 1.50. The van der Waals surface area contributed by atoms with Gasteiger partial charge in [-0.3, -0.25) is 4.79 Å². The monoisotopic (exact) mass is 239 g/mol. The van der Waals surface area contributed by atoms with Crippen molar-refractivity contribution in [3.05, 3.63) is 23.7 Å². The largest absolute Gasteiger partial charge is 0.459 e. The average Bonchev–Trinajstić information content (AvgIpc) is 2.61. The summed E-state index contributed by atoms with van der Waals surface area (Å²) in [6.45, 7) is 7.96. The van der Waals surface area contributed by atoms with Crippen molar-refractivity contribution >= 4 is 5.91 Å². The number of carbonyl (C=O) groups excluding carboxylic acids is 1. The van der Waals surface area contributed by atoms with Crippen molar-refractivity contribution in [2.75, 3.05) is 6.61 Å². The molecule has 4 nitrogen and oxygen atoms in total. The molecule has 0 aliphatic rings. The van der Waals surface area contributed by atoms with Crippen molar-refractivity contribution in [2.24, 2.45) is 5.41 Å². The average molecular weight is 239 g/mol. The Balaban J connectivity index is 2.63. The Labute approximate surface area is 102 Å². The highest BCUT2D eigenvalue weighted by molar-refractivity contribution is 5.92. The fourth-order valence-corrected chi connectivity index (χ4v) is 1.76. The molecule has 96 valence electrons. The Hall–Kier alpha value is -1.29. The van der Waals surface area contributed by atoms with E-state index < -0.39 is 0 Å². The van der Waals surface area contributed by atoms with Crippen molar-refractivity contribution in [1.82, 2.24) is 5.32 Å². The SMILES string of the molecule is Cc1ccoc1C(=O)NC(CO)CC(C)(C)C. The molecular formula is C13H21NO3. The number of nitrogens with one attached hydrogen (secondary N) is 1. The van der Waals surface area contributed by atoms with E-state index in [2.05, 4.69) is 26.1 Å². The van der Waals surface area contributed by atoms with E-state index in [0.717, 1.165) is 12.0 Å². The highest BCUT2D eigenvalue weighted by Crippen LogP contribution is 2.21. The summed E-state index contributed by atoms with van der Waals surface area (Å²) in [5, 5.41) is 12.0. The number of aryl methyl sites for hydroxylation is 1. The van der Waals surface area contributed by atoms with E-state index in [1.165, 1.54) is 6.26 Å². The second-order valence-electron chi connectivity index (χ2n) is 5.55. The summed E-state index contributed by atoms with van der Waals surface area (Å²) in [5.41, 5.74) is 0.855.